The maximum Gasteiger partial charge on any atom is 0.220 e. The number of benzene rings is 3. The average Bonchev–Trinajstić information content (AvgIpc) is 3.24. The van der Waals surface area contributed by atoms with E-state index in [9.17, 15) is 4.79 Å². The Hall–Kier alpha value is -2.82. The Bertz CT molecular complexity index is 1110. The highest BCUT2D eigenvalue weighted by molar-refractivity contribution is 6.36. The molecule has 1 fully saturated rings. The number of carbonyl (C=O) groups is 1. The van der Waals surface area contributed by atoms with Crippen molar-refractivity contribution in [1.29, 1.82) is 0 Å². The first-order valence-corrected chi connectivity index (χ1v) is 11.5. The van der Waals surface area contributed by atoms with Crippen LogP contribution in [0.15, 0.2) is 60.7 Å². The number of carbonyl (C=O) groups excluding carboxylic acids is 1. The molecule has 1 amide bonds. The molecule has 0 bridgehead atoms. The summed E-state index contributed by atoms with van der Waals surface area (Å²) in [6.45, 7) is 3.59. The third kappa shape index (κ3) is 4.82. The molecule has 0 spiro atoms. The summed E-state index contributed by atoms with van der Waals surface area (Å²) in [5, 5.41) is 7.17. The second-order valence-corrected chi connectivity index (χ2v) is 8.52. The molecular formula is C27H29ClN2O2. The fourth-order valence-corrected chi connectivity index (χ4v) is 4.66. The Morgan fingerprint density at radius 2 is 1.81 bits per heavy atom. The Balaban J connectivity index is 1.57. The molecule has 1 saturated heterocycles. The fourth-order valence-electron chi connectivity index (χ4n) is 4.32. The van der Waals surface area contributed by atoms with Gasteiger partial charge in [-0.3, -0.25) is 4.79 Å². The number of hydrogen-bond donors (Lipinski definition) is 2. The minimum Gasteiger partial charge on any atom is -0.496 e. The summed E-state index contributed by atoms with van der Waals surface area (Å²) in [7, 11) is 1.69. The molecular weight excluding hydrogens is 420 g/mol. The number of hydrogen-bond acceptors (Lipinski definition) is 3. The van der Waals surface area contributed by atoms with E-state index in [1.165, 1.54) is 11.1 Å². The van der Waals surface area contributed by atoms with Crippen LogP contribution >= 0.6 is 11.6 Å². The van der Waals surface area contributed by atoms with E-state index in [1.54, 1.807) is 7.11 Å². The highest BCUT2D eigenvalue weighted by Gasteiger charge is 2.20. The number of methoxy groups -OCH3 is 1. The van der Waals surface area contributed by atoms with Crippen LogP contribution < -0.4 is 15.4 Å². The zero-order chi connectivity index (χ0) is 22.5. The molecule has 5 heteroatoms. The molecule has 0 aromatic heterocycles. The third-order valence-electron chi connectivity index (χ3n) is 6.08. The van der Waals surface area contributed by atoms with Gasteiger partial charge in [-0.05, 0) is 35.6 Å². The third-order valence-corrected chi connectivity index (χ3v) is 6.48. The molecule has 2 N–H and O–H groups in total. The molecule has 32 heavy (non-hydrogen) atoms. The molecule has 4 nitrogen and oxygen atoms in total. The summed E-state index contributed by atoms with van der Waals surface area (Å²) in [5.74, 6) is 0.959. The molecule has 1 aliphatic heterocycles. The molecule has 166 valence electrons. The number of aryl methyl sites for hydroxylation is 1. The summed E-state index contributed by atoms with van der Waals surface area (Å²) < 4.78 is 5.69. The van der Waals surface area contributed by atoms with Crippen LogP contribution in [0.4, 0.5) is 0 Å². The summed E-state index contributed by atoms with van der Waals surface area (Å²) in [6, 6.07) is 21.0. The van der Waals surface area contributed by atoms with Gasteiger partial charge in [-0.2, -0.15) is 0 Å². The predicted molar refractivity (Wildman–Crippen MR) is 131 cm³/mol. The number of amides is 1. The highest BCUT2D eigenvalue weighted by Crippen LogP contribution is 2.39. The number of ether oxygens (including phenoxy) is 1. The zero-order valence-corrected chi connectivity index (χ0v) is 19.3. The number of nitrogens with one attached hydrogen (secondary N) is 2. The minimum atomic E-state index is 0.138. The van der Waals surface area contributed by atoms with Gasteiger partial charge >= 0.3 is 0 Å². The van der Waals surface area contributed by atoms with Gasteiger partial charge in [0, 0.05) is 42.2 Å². The largest absolute Gasteiger partial charge is 0.496 e. The predicted octanol–water partition coefficient (Wildman–Crippen LogP) is 5.61. The normalized spacial score (nSPS) is 15.6. The first kappa shape index (κ1) is 22.4. The van der Waals surface area contributed by atoms with E-state index < -0.39 is 0 Å². The van der Waals surface area contributed by atoms with Crippen molar-refractivity contribution in [2.45, 2.75) is 38.8 Å². The minimum absolute atomic E-state index is 0.138. The lowest BCUT2D eigenvalue weighted by molar-refractivity contribution is -0.119. The van der Waals surface area contributed by atoms with Crippen LogP contribution in [0.2, 0.25) is 5.02 Å². The van der Waals surface area contributed by atoms with E-state index in [0.29, 0.717) is 13.0 Å². The quantitative estimate of drug-likeness (QED) is 0.470. The Morgan fingerprint density at radius 3 is 2.56 bits per heavy atom. The van der Waals surface area contributed by atoms with E-state index in [1.807, 2.05) is 6.07 Å². The van der Waals surface area contributed by atoms with Gasteiger partial charge in [-0.1, -0.05) is 73.1 Å². The van der Waals surface area contributed by atoms with Gasteiger partial charge < -0.3 is 15.4 Å². The smallest absolute Gasteiger partial charge is 0.220 e. The standard InChI is InChI=1S/C27H29ClN2O2/c1-3-18-7-4-5-8-22(18)24-10-6-9-23(27(24)28)19-11-12-20(25(15-19)32-2)16-29-17-21-13-14-26(31)30-21/h4-12,15,21,29H,3,13-14,16-17H2,1-2H3,(H,30,31). The highest BCUT2D eigenvalue weighted by atomic mass is 35.5. The second-order valence-electron chi connectivity index (χ2n) is 8.14. The van der Waals surface area contributed by atoms with E-state index >= 15 is 0 Å². The zero-order valence-electron chi connectivity index (χ0n) is 18.6. The van der Waals surface area contributed by atoms with E-state index in [4.69, 9.17) is 16.3 Å². The number of rotatable bonds is 8. The van der Waals surface area contributed by atoms with Crippen molar-refractivity contribution < 1.29 is 9.53 Å². The summed E-state index contributed by atoms with van der Waals surface area (Å²) in [5.41, 5.74) is 6.59. The van der Waals surface area contributed by atoms with Crippen molar-refractivity contribution in [2.24, 2.45) is 0 Å². The van der Waals surface area contributed by atoms with Crippen LogP contribution in [0, 0.1) is 0 Å². The first-order valence-electron chi connectivity index (χ1n) is 11.1. The molecule has 4 rings (SSSR count). The van der Waals surface area contributed by atoms with Gasteiger partial charge in [0.15, 0.2) is 0 Å². The molecule has 0 radical (unpaired) electrons. The van der Waals surface area contributed by atoms with E-state index in [-0.39, 0.29) is 11.9 Å². The molecule has 0 saturated carbocycles. The Morgan fingerprint density at radius 1 is 1.03 bits per heavy atom. The van der Waals surface area contributed by atoms with Crippen LogP contribution in [-0.2, 0) is 17.8 Å². The van der Waals surface area contributed by atoms with Crippen LogP contribution in [0.25, 0.3) is 22.3 Å². The fraction of sp³-hybridized carbons (Fsp3) is 0.296. The molecule has 1 atom stereocenters. The lowest BCUT2D eigenvalue weighted by atomic mass is 9.94. The van der Waals surface area contributed by atoms with Gasteiger partial charge in [0.1, 0.15) is 5.75 Å². The molecule has 1 aliphatic rings. The number of halogens is 1. The van der Waals surface area contributed by atoms with Crippen molar-refractivity contribution >= 4 is 17.5 Å². The average molecular weight is 449 g/mol. The van der Waals surface area contributed by atoms with Gasteiger partial charge in [0.25, 0.3) is 0 Å². The molecule has 1 unspecified atom stereocenters. The maximum absolute atomic E-state index is 11.4. The van der Waals surface area contributed by atoms with Crippen molar-refractivity contribution in [1.82, 2.24) is 10.6 Å². The summed E-state index contributed by atoms with van der Waals surface area (Å²) >= 11 is 6.92. The van der Waals surface area contributed by atoms with Crippen LogP contribution in [-0.4, -0.2) is 25.6 Å². The Kier molecular flexibility index (Phi) is 7.13. The SMILES string of the molecule is CCc1ccccc1-c1cccc(-c2ccc(CNCC3CCC(=O)N3)c(OC)c2)c1Cl. The van der Waals surface area contributed by atoms with Crippen LogP contribution in [0.5, 0.6) is 5.75 Å². The lowest BCUT2D eigenvalue weighted by Gasteiger charge is -2.16. The Labute approximate surface area is 195 Å². The topological polar surface area (TPSA) is 50.4 Å². The van der Waals surface area contributed by atoms with Crippen molar-refractivity contribution in [2.75, 3.05) is 13.7 Å². The van der Waals surface area contributed by atoms with Crippen molar-refractivity contribution in [3.05, 3.63) is 76.8 Å². The first-order chi connectivity index (χ1) is 15.6. The molecule has 3 aromatic carbocycles. The van der Waals surface area contributed by atoms with Crippen LogP contribution in [0.3, 0.4) is 0 Å². The molecule has 3 aromatic rings. The van der Waals surface area contributed by atoms with Crippen molar-refractivity contribution in [3.8, 4) is 28.0 Å². The van der Waals surface area contributed by atoms with Crippen molar-refractivity contribution in [3.63, 3.8) is 0 Å². The summed E-state index contributed by atoms with van der Waals surface area (Å²) in [4.78, 5) is 11.4. The van der Waals surface area contributed by atoms with Gasteiger partial charge in [-0.25, -0.2) is 0 Å². The monoisotopic (exact) mass is 448 g/mol. The van der Waals surface area contributed by atoms with Crippen LogP contribution in [0.1, 0.15) is 30.9 Å². The van der Waals surface area contributed by atoms with Gasteiger partial charge in [0.2, 0.25) is 5.91 Å². The van der Waals surface area contributed by atoms with Gasteiger partial charge in [0.05, 0.1) is 12.1 Å². The van der Waals surface area contributed by atoms with Gasteiger partial charge in [-0.15, -0.1) is 0 Å². The summed E-state index contributed by atoms with van der Waals surface area (Å²) in [6.07, 6.45) is 2.46. The lowest BCUT2D eigenvalue weighted by Crippen LogP contribution is -2.35. The second kappa shape index (κ2) is 10.2. The van der Waals surface area contributed by atoms with E-state index in [0.717, 1.165) is 52.4 Å². The van der Waals surface area contributed by atoms with E-state index in [2.05, 4.69) is 72.2 Å². The molecule has 0 aliphatic carbocycles. The molecule has 1 heterocycles. The maximum atomic E-state index is 11.4.